The van der Waals surface area contributed by atoms with E-state index in [9.17, 15) is 0 Å². The van der Waals surface area contributed by atoms with Gasteiger partial charge in [-0.1, -0.05) is 31.2 Å². The second-order valence-corrected chi connectivity index (χ2v) is 15.7. The van der Waals surface area contributed by atoms with E-state index in [1.807, 2.05) is 37.3 Å². The highest BCUT2D eigenvalue weighted by Gasteiger charge is 2.15. The van der Waals surface area contributed by atoms with E-state index in [2.05, 4.69) is 49.4 Å². The van der Waals surface area contributed by atoms with Crippen LogP contribution in [-0.4, -0.2) is 44.4 Å². The normalized spacial score (nSPS) is 12.0. The first-order valence-electron chi connectivity index (χ1n) is 11.5. The molecule has 0 saturated heterocycles. The molecule has 0 spiro atoms. The highest BCUT2D eigenvalue weighted by molar-refractivity contribution is 6.76. The fraction of sp³-hybridized carbons (Fsp3) is 0.280. The third-order valence-corrected chi connectivity index (χ3v) is 7.84. The van der Waals surface area contributed by atoms with Gasteiger partial charge >= 0.3 is 0 Å². The standard InChI is InChI=1S/C25H27ClN6O2Si/c1-16-30-19-6-5-18(11-22(19)32(16)15-33-9-10-35(2,3)4)34-23-8-7-20-25(24(23)26)31-21(14-27-20)17-12-28-29-13-17/h5-8,11-14H,9-10,15H2,1-4H3,(H,28,29). The van der Waals surface area contributed by atoms with Crippen molar-refractivity contribution in [3.8, 4) is 22.8 Å². The van der Waals surface area contributed by atoms with Crippen molar-refractivity contribution in [3.05, 3.63) is 59.8 Å². The molecule has 180 valence electrons. The third kappa shape index (κ3) is 5.07. The summed E-state index contributed by atoms with van der Waals surface area (Å²) in [4.78, 5) is 13.8. The molecule has 0 amide bonds. The van der Waals surface area contributed by atoms with E-state index in [1.54, 1.807) is 18.6 Å². The maximum atomic E-state index is 6.71. The van der Waals surface area contributed by atoms with Crippen LogP contribution in [0.15, 0.2) is 48.9 Å². The summed E-state index contributed by atoms with van der Waals surface area (Å²) < 4.78 is 14.2. The van der Waals surface area contributed by atoms with E-state index in [0.29, 0.717) is 40.0 Å². The molecule has 0 aliphatic rings. The average Bonchev–Trinajstić information content (AvgIpc) is 3.46. The minimum Gasteiger partial charge on any atom is -0.456 e. The molecule has 0 atom stereocenters. The van der Waals surface area contributed by atoms with Crippen LogP contribution in [0.25, 0.3) is 33.3 Å². The second kappa shape index (κ2) is 9.41. The zero-order valence-corrected chi connectivity index (χ0v) is 21.9. The predicted octanol–water partition coefficient (Wildman–Crippen LogP) is 6.44. The number of hydrogen-bond acceptors (Lipinski definition) is 6. The molecule has 5 rings (SSSR count). The minimum atomic E-state index is -1.14. The highest BCUT2D eigenvalue weighted by atomic mass is 35.5. The number of hydrogen-bond donors (Lipinski definition) is 1. The van der Waals surface area contributed by atoms with Crippen LogP contribution in [0.2, 0.25) is 30.7 Å². The predicted molar refractivity (Wildman–Crippen MR) is 141 cm³/mol. The lowest BCUT2D eigenvalue weighted by Crippen LogP contribution is -2.22. The molecule has 10 heteroatoms. The number of halogens is 1. The Morgan fingerprint density at radius 3 is 2.66 bits per heavy atom. The van der Waals surface area contributed by atoms with Gasteiger partial charge in [0, 0.05) is 32.5 Å². The third-order valence-electron chi connectivity index (χ3n) is 5.77. The maximum absolute atomic E-state index is 6.71. The number of nitrogens with zero attached hydrogens (tertiary/aromatic N) is 5. The van der Waals surface area contributed by atoms with Crippen molar-refractivity contribution in [2.75, 3.05) is 6.61 Å². The van der Waals surface area contributed by atoms with Crippen molar-refractivity contribution in [3.63, 3.8) is 0 Å². The number of ether oxygens (including phenoxy) is 2. The van der Waals surface area contributed by atoms with Gasteiger partial charge in [0.15, 0.2) is 0 Å². The van der Waals surface area contributed by atoms with Gasteiger partial charge in [0.2, 0.25) is 0 Å². The quantitative estimate of drug-likeness (QED) is 0.192. The SMILES string of the molecule is Cc1nc2ccc(Oc3ccc4ncc(-c5cn[nH]c5)nc4c3Cl)cc2n1COCC[Si](C)(C)C. The summed E-state index contributed by atoms with van der Waals surface area (Å²) in [7, 11) is -1.14. The van der Waals surface area contributed by atoms with Crippen molar-refractivity contribution in [1.82, 2.24) is 29.7 Å². The van der Waals surface area contributed by atoms with Crippen molar-refractivity contribution >= 4 is 41.7 Å². The van der Waals surface area contributed by atoms with Gasteiger partial charge in [0.25, 0.3) is 0 Å². The van der Waals surface area contributed by atoms with E-state index in [4.69, 9.17) is 21.1 Å². The van der Waals surface area contributed by atoms with E-state index < -0.39 is 8.07 Å². The molecule has 5 aromatic rings. The summed E-state index contributed by atoms with van der Waals surface area (Å²) in [6.45, 7) is 10.2. The van der Waals surface area contributed by atoms with Crippen LogP contribution in [0, 0.1) is 6.92 Å². The van der Waals surface area contributed by atoms with Gasteiger partial charge in [-0.05, 0) is 37.2 Å². The maximum Gasteiger partial charge on any atom is 0.148 e. The molecule has 0 aliphatic heterocycles. The Morgan fingerprint density at radius 2 is 1.89 bits per heavy atom. The molecule has 0 bridgehead atoms. The largest absolute Gasteiger partial charge is 0.456 e. The number of aromatic nitrogens is 6. The lowest BCUT2D eigenvalue weighted by molar-refractivity contribution is 0.0885. The number of H-pyrrole nitrogens is 1. The Labute approximate surface area is 209 Å². The first-order chi connectivity index (χ1) is 16.8. The molecule has 2 aromatic carbocycles. The number of aryl methyl sites for hydroxylation is 1. The minimum absolute atomic E-state index is 0.403. The van der Waals surface area contributed by atoms with E-state index >= 15 is 0 Å². The Bertz CT molecular complexity index is 1490. The summed E-state index contributed by atoms with van der Waals surface area (Å²) in [5, 5.41) is 7.17. The van der Waals surface area contributed by atoms with Crippen molar-refractivity contribution in [1.29, 1.82) is 0 Å². The van der Waals surface area contributed by atoms with Gasteiger partial charge in [-0.3, -0.25) is 10.1 Å². The number of fused-ring (bicyclic) bond motifs is 2. The summed E-state index contributed by atoms with van der Waals surface area (Å²) in [5.41, 5.74) is 4.62. The zero-order valence-electron chi connectivity index (χ0n) is 20.2. The Kier molecular flexibility index (Phi) is 6.31. The van der Waals surface area contributed by atoms with Crippen molar-refractivity contribution in [2.24, 2.45) is 0 Å². The van der Waals surface area contributed by atoms with Gasteiger partial charge in [0.1, 0.15) is 34.6 Å². The number of imidazole rings is 1. The molecule has 35 heavy (non-hydrogen) atoms. The smallest absolute Gasteiger partial charge is 0.148 e. The molecule has 0 radical (unpaired) electrons. The molecule has 3 aromatic heterocycles. The lowest BCUT2D eigenvalue weighted by Gasteiger charge is -2.16. The molecule has 8 nitrogen and oxygen atoms in total. The van der Waals surface area contributed by atoms with Crippen LogP contribution in [0.3, 0.4) is 0 Å². The summed E-state index contributed by atoms with van der Waals surface area (Å²) in [6.07, 6.45) is 5.16. The van der Waals surface area contributed by atoms with Gasteiger partial charge < -0.3 is 14.0 Å². The van der Waals surface area contributed by atoms with E-state index in [-0.39, 0.29) is 0 Å². The van der Waals surface area contributed by atoms with Crippen LogP contribution in [0.1, 0.15) is 5.82 Å². The highest BCUT2D eigenvalue weighted by Crippen LogP contribution is 2.36. The van der Waals surface area contributed by atoms with Gasteiger partial charge in [-0.2, -0.15) is 5.10 Å². The Morgan fingerprint density at radius 1 is 1.06 bits per heavy atom. The molecule has 0 aliphatic carbocycles. The van der Waals surface area contributed by atoms with Crippen LogP contribution in [0.4, 0.5) is 0 Å². The zero-order chi connectivity index (χ0) is 24.6. The van der Waals surface area contributed by atoms with Crippen LogP contribution >= 0.6 is 11.6 Å². The molecule has 0 unspecified atom stereocenters. The summed E-state index contributed by atoms with van der Waals surface area (Å²) in [5.74, 6) is 2.06. The lowest BCUT2D eigenvalue weighted by atomic mass is 10.2. The summed E-state index contributed by atoms with van der Waals surface area (Å²) in [6, 6.07) is 10.6. The molecular weight excluding hydrogens is 480 g/mol. The second-order valence-electron chi connectivity index (χ2n) is 9.68. The van der Waals surface area contributed by atoms with E-state index in [1.165, 1.54) is 0 Å². The van der Waals surface area contributed by atoms with Crippen LogP contribution < -0.4 is 4.74 Å². The number of nitrogens with one attached hydrogen (secondary N) is 1. The first-order valence-corrected chi connectivity index (χ1v) is 15.5. The Balaban J connectivity index is 1.41. The van der Waals surface area contributed by atoms with Gasteiger partial charge in [-0.15, -0.1) is 0 Å². The van der Waals surface area contributed by atoms with Gasteiger partial charge in [-0.25, -0.2) is 9.97 Å². The monoisotopic (exact) mass is 506 g/mol. The number of rotatable bonds is 8. The summed E-state index contributed by atoms with van der Waals surface area (Å²) >= 11 is 6.71. The van der Waals surface area contributed by atoms with Crippen LogP contribution in [-0.2, 0) is 11.5 Å². The average molecular weight is 507 g/mol. The number of benzene rings is 2. The first kappa shape index (κ1) is 23.5. The molecule has 0 saturated carbocycles. The molecular formula is C25H27ClN6O2Si. The Hall–Kier alpha value is -3.27. The number of aromatic amines is 1. The fourth-order valence-electron chi connectivity index (χ4n) is 3.75. The van der Waals surface area contributed by atoms with Gasteiger partial charge in [0.05, 0.1) is 34.6 Å². The van der Waals surface area contributed by atoms with Crippen LogP contribution in [0.5, 0.6) is 11.5 Å². The van der Waals surface area contributed by atoms with E-state index in [0.717, 1.165) is 35.1 Å². The molecule has 3 heterocycles. The van der Waals surface area contributed by atoms with Crippen molar-refractivity contribution in [2.45, 2.75) is 39.3 Å². The topological polar surface area (TPSA) is 90.7 Å². The van der Waals surface area contributed by atoms with Crippen molar-refractivity contribution < 1.29 is 9.47 Å². The fourth-order valence-corrected chi connectivity index (χ4v) is 4.74. The molecule has 0 fully saturated rings. The molecule has 1 N–H and O–H groups in total.